The van der Waals surface area contributed by atoms with Crippen LogP contribution in [0.15, 0.2) is 36.5 Å². The molecule has 1 aromatic heterocycles. The Morgan fingerprint density at radius 3 is 2.33 bits per heavy atom. The Morgan fingerprint density at radius 2 is 1.73 bits per heavy atom. The molecule has 14 heteroatoms. The Morgan fingerprint density at radius 1 is 1.09 bits per heavy atom. The van der Waals surface area contributed by atoms with E-state index in [1.54, 1.807) is 12.1 Å². The zero-order chi connectivity index (χ0) is 31.5. The predicted molar refractivity (Wildman–Crippen MR) is 163 cm³/mol. The van der Waals surface area contributed by atoms with Crippen LogP contribution in [0.4, 0.5) is 22.0 Å². The maximum absolute atomic E-state index is 14.9. The van der Waals surface area contributed by atoms with Crippen molar-refractivity contribution in [3.05, 3.63) is 64.9 Å². The normalized spacial score (nSPS) is 14.6. The summed E-state index contributed by atoms with van der Waals surface area (Å²) in [7, 11) is 1.42. The number of carbonyl (C=O) groups is 2. The van der Waals surface area contributed by atoms with Gasteiger partial charge in [0.2, 0.25) is 5.91 Å². The van der Waals surface area contributed by atoms with E-state index in [1.807, 2.05) is 13.8 Å². The lowest BCUT2D eigenvalue weighted by atomic mass is 9.88. The van der Waals surface area contributed by atoms with Crippen molar-refractivity contribution in [1.29, 1.82) is 0 Å². The molecule has 8 nitrogen and oxygen atoms in total. The monoisotopic (exact) mass is 662 g/mol. The smallest absolute Gasteiger partial charge is 0.405 e. The van der Waals surface area contributed by atoms with E-state index in [-0.39, 0.29) is 86.8 Å². The SMILES string of the molecule is C.COCCn1cc(C(=O)N2CCC(c3cc(CNC(=O)[C@@H](N)C(C)C)ccc3F)CC2)c2c(OC(F)(F)F)ccc(F)c21.Cl. The number of hydrogen-bond donors (Lipinski definition) is 2. The van der Waals surface area contributed by atoms with E-state index in [4.69, 9.17) is 10.5 Å². The molecule has 1 aliphatic rings. The van der Waals surface area contributed by atoms with Crippen molar-refractivity contribution in [3.63, 3.8) is 0 Å². The first-order chi connectivity index (χ1) is 20.3. The Labute approximate surface area is 265 Å². The molecule has 0 radical (unpaired) electrons. The Balaban J connectivity index is 0.00000353. The zero-order valence-electron chi connectivity index (χ0n) is 24.5. The lowest BCUT2D eigenvalue weighted by molar-refractivity contribution is -0.274. The molecular weight excluding hydrogens is 623 g/mol. The third-order valence-electron chi connectivity index (χ3n) is 7.69. The minimum atomic E-state index is -5.06. The maximum atomic E-state index is 14.9. The summed E-state index contributed by atoms with van der Waals surface area (Å²) in [6, 6.07) is 5.65. The topological polar surface area (TPSA) is 98.8 Å². The highest BCUT2D eigenvalue weighted by atomic mass is 35.5. The lowest BCUT2D eigenvalue weighted by Crippen LogP contribution is -2.43. The molecule has 45 heavy (non-hydrogen) atoms. The molecular formula is C31H40ClF5N4O4. The largest absolute Gasteiger partial charge is 0.573 e. The molecule has 0 spiro atoms. The van der Waals surface area contributed by atoms with Gasteiger partial charge in [0.05, 0.1) is 29.1 Å². The molecule has 3 aromatic rings. The van der Waals surface area contributed by atoms with Crippen LogP contribution in [-0.2, 0) is 22.6 Å². The average molecular weight is 663 g/mol. The van der Waals surface area contributed by atoms with E-state index in [2.05, 4.69) is 10.1 Å². The van der Waals surface area contributed by atoms with Crippen LogP contribution < -0.4 is 15.8 Å². The van der Waals surface area contributed by atoms with Crippen molar-refractivity contribution >= 4 is 35.1 Å². The highest BCUT2D eigenvalue weighted by molar-refractivity contribution is 6.09. The van der Waals surface area contributed by atoms with Crippen molar-refractivity contribution in [2.75, 3.05) is 26.8 Å². The number of alkyl halides is 3. The summed E-state index contributed by atoms with van der Waals surface area (Å²) in [5.41, 5.74) is 6.70. The van der Waals surface area contributed by atoms with E-state index < -0.39 is 35.7 Å². The standard InChI is InChI=1S/C30H35F5N4O4.CH4.ClH/c1-17(2)26(36)28(40)37-15-18-4-5-22(31)20(14-18)19-8-10-38(11-9-19)29(41)21-16-39(12-13-42-3)27-23(32)6-7-24(25(21)27)43-30(33,34)35;;/h4-7,14,16-17,19,26H,8-13,15,36H2,1-3H3,(H,37,40);1H4;1H/t26-;;/m0../s1. The van der Waals surface area contributed by atoms with Crippen LogP contribution in [0.25, 0.3) is 10.9 Å². The van der Waals surface area contributed by atoms with Gasteiger partial charge in [-0.25, -0.2) is 8.78 Å². The van der Waals surface area contributed by atoms with Gasteiger partial charge in [0.25, 0.3) is 5.91 Å². The number of hydrogen-bond acceptors (Lipinski definition) is 5. The summed E-state index contributed by atoms with van der Waals surface area (Å²) >= 11 is 0. The number of nitrogens with zero attached hydrogens (tertiary/aromatic N) is 2. The van der Waals surface area contributed by atoms with E-state index >= 15 is 0 Å². The van der Waals surface area contributed by atoms with Gasteiger partial charge in [-0.1, -0.05) is 33.4 Å². The number of benzene rings is 2. The number of amides is 2. The van der Waals surface area contributed by atoms with Crippen molar-refractivity contribution in [3.8, 4) is 5.75 Å². The number of halogens is 6. The third kappa shape index (κ3) is 8.86. The zero-order valence-corrected chi connectivity index (χ0v) is 25.4. The Hall–Kier alpha value is -3.42. The fourth-order valence-corrected chi connectivity index (χ4v) is 5.30. The van der Waals surface area contributed by atoms with Crippen molar-refractivity contribution in [1.82, 2.24) is 14.8 Å². The summed E-state index contributed by atoms with van der Waals surface area (Å²) < 4.78 is 79.9. The Kier molecular flexibility index (Phi) is 13.2. The molecule has 2 amide bonds. The predicted octanol–water partition coefficient (Wildman–Crippen LogP) is 6.14. The number of ether oxygens (including phenoxy) is 2. The van der Waals surface area contributed by atoms with Gasteiger partial charge >= 0.3 is 6.36 Å². The van der Waals surface area contributed by atoms with Gasteiger partial charge in [-0.15, -0.1) is 25.6 Å². The molecule has 0 unspecified atom stereocenters. The van der Waals surface area contributed by atoms with Gasteiger partial charge in [0.15, 0.2) is 0 Å². The number of rotatable bonds is 10. The van der Waals surface area contributed by atoms with Crippen LogP contribution in [0.3, 0.4) is 0 Å². The molecule has 0 bridgehead atoms. The van der Waals surface area contributed by atoms with Crippen molar-refractivity contribution < 1.29 is 41.0 Å². The van der Waals surface area contributed by atoms with Crippen LogP contribution in [-0.4, -0.2) is 60.5 Å². The quantitative estimate of drug-likeness (QED) is 0.254. The molecule has 3 N–H and O–H groups in total. The second-order valence-electron chi connectivity index (χ2n) is 11.0. The molecule has 1 fully saturated rings. The lowest BCUT2D eigenvalue weighted by Gasteiger charge is -2.32. The number of fused-ring (bicyclic) bond motifs is 1. The molecule has 1 saturated heterocycles. The summed E-state index contributed by atoms with van der Waals surface area (Å²) in [5, 5.41) is 2.49. The van der Waals surface area contributed by atoms with Gasteiger partial charge < -0.3 is 30.0 Å². The van der Waals surface area contributed by atoms with Gasteiger partial charge in [-0.05, 0) is 54.0 Å². The molecule has 1 aliphatic heterocycles. The number of likely N-dealkylation sites (tertiary alicyclic amines) is 1. The minimum Gasteiger partial charge on any atom is -0.405 e. The van der Waals surface area contributed by atoms with Crippen LogP contribution >= 0.6 is 12.4 Å². The van der Waals surface area contributed by atoms with Crippen molar-refractivity contribution in [2.45, 2.75) is 65.5 Å². The summed E-state index contributed by atoms with van der Waals surface area (Å²) in [6.45, 7) is 4.47. The fraction of sp³-hybridized carbons (Fsp3) is 0.484. The molecule has 4 rings (SSSR count). The van der Waals surface area contributed by atoms with Crippen LogP contribution in [0.2, 0.25) is 0 Å². The second-order valence-corrected chi connectivity index (χ2v) is 11.0. The third-order valence-corrected chi connectivity index (χ3v) is 7.69. The molecule has 250 valence electrons. The first kappa shape index (κ1) is 37.8. The second kappa shape index (κ2) is 15.7. The number of nitrogens with two attached hydrogens (primary N) is 1. The number of piperidine rings is 1. The molecule has 1 atom stereocenters. The molecule has 2 heterocycles. The van der Waals surface area contributed by atoms with Crippen molar-refractivity contribution in [2.24, 2.45) is 11.7 Å². The van der Waals surface area contributed by atoms with Gasteiger partial charge in [-0.3, -0.25) is 9.59 Å². The summed E-state index contributed by atoms with van der Waals surface area (Å²) in [5.74, 6) is -3.07. The molecule has 0 saturated carbocycles. The summed E-state index contributed by atoms with van der Waals surface area (Å²) in [4.78, 5) is 27.3. The minimum absolute atomic E-state index is 0. The highest BCUT2D eigenvalue weighted by Gasteiger charge is 2.35. The van der Waals surface area contributed by atoms with Gasteiger partial charge in [0, 0.05) is 39.5 Å². The highest BCUT2D eigenvalue weighted by Crippen LogP contribution is 2.38. The van der Waals surface area contributed by atoms with Gasteiger partial charge in [-0.2, -0.15) is 0 Å². The number of methoxy groups -OCH3 is 1. The summed E-state index contributed by atoms with van der Waals surface area (Å²) in [6.07, 6.45) is -2.97. The van der Waals surface area contributed by atoms with Crippen LogP contribution in [0.5, 0.6) is 5.75 Å². The van der Waals surface area contributed by atoms with Crippen LogP contribution in [0, 0.1) is 17.6 Å². The first-order valence-electron chi connectivity index (χ1n) is 14.0. The van der Waals surface area contributed by atoms with Crippen LogP contribution in [0.1, 0.15) is 61.5 Å². The van der Waals surface area contributed by atoms with Gasteiger partial charge in [0.1, 0.15) is 17.4 Å². The average Bonchev–Trinajstić information content (AvgIpc) is 3.36. The van der Waals surface area contributed by atoms with E-state index in [0.717, 1.165) is 12.1 Å². The Bertz CT molecular complexity index is 1470. The van der Waals surface area contributed by atoms with E-state index in [1.165, 1.54) is 28.8 Å². The molecule has 0 aliphatic carbocycles. The molecule has 2 aromatic carbocycles. The van der Waals surface area contributed by atoms with E-state index in [9.17, 15) is 31.5 Å². The number of nitrogens with one attached hydrogen (secondary N) is 1. The van der Waals surface area contributed by atoms with E-state index in [0.29, 0.717) is 24.0 Å². The first-order valence-corrected chi connectivity index (χ1v) is 14.0. The fourth-order valence-electron chi connectivity index (χ4n) is 5.30. The number of aromatic nitrogens is 1. The maximum Gasteiger partial charge on any atom is 0.573 e. The number of carbonyl (C=O) groups excluding carboxylic acids is 2.